The average Bonchev–Trinajstić information content (AvgIpc) is 3.50. The highest BCUT2D eigenvalue weighted by molar-refractivity contribution is 5.90. The number of hydrogen-bond acceptors (Lipinski definition) is 6. The fraction of sp³-hybridized carbons (Fsp3) is 0.0476. The summed E-state index contributed by atoms with van der Waals surface area (Å²) >= 11 is 0. The first kappa shape index (κ1) is 15.7. The van der Waals surface area contributed by atoms with Gasteiger partial charge in [0, 0.05) is 10.9 Å². The first-order chi connectivity index (χ1) is 14.3. The summed E-state index contributed by atoms with van der Waals surface area (Å²) < 4.78 is 11.0. The Labute approximate surface area is 163 Å². The van der Waals surface area contributed by atoms with Crippen molar-refractivity contribution in [2.75, 3.05) is 5.32 Å². The molecule has 0 saturated carbocycles. The zero-order valence-corrected chi connectivity index (χ0v) is 14.9. The molecule has 8 nitrogen and oxygen atoms in total. The van der Waals surface area contributed by atoms with E-state index in [0.717, 1.165) is 22.1 Å². The van der Waals surface area contributed by atoms with Crippen LogP contribution in [0.2, 0.25) is 0 Å². The maximum atomic E-state index is 7.95. The highest BCUT2D eigenvalue weighted by Crippen LogP contribution is 2.45. The summed E-state index contributed by atoms with van der Waals surface area (Å²) in [5, 5.41) is 19.4. The van der Waals surface area contributed by atoms with Gasteiger partial charge in [0.1, 0.15) is 28.2 Å². The van der Waals surface area contributed by atoms with E-state index in [4.69, 9.17) is 15.6 Å². The van der Waals surface area contributed by atoms with Gasteiger partial charge in [-0.15, -0.1) is 0 Å². The van der Waals surface area contributed by atoms with Gasteiger partial charge in [0.25, 0.3) is 0 Å². The van der Waals surface area contributed by atoms with Crippen molar-refractivity contribution in [3.8, 4) is 0 Å². The van der Waals surface area contributed by atoms with Crippen LogP contribution in [-0.4, -0.2) is 20.5 Å². The number of aromatic nitrogens is 4. The molecule has 0 fully saturated rings. The van der Waals surface area contributed by atoms with E-state index in [1.807, 2.05) is 48.5 Å². The van der Waals surface area contributed by atoms with Crippen LogP contribution in [0, 0.1) is 6.57 Å². The van der Waals surface area contributed by atoms with Crippen molar-refractivity contribution in [2.45, 2.75) is 5.92 Å². The molecule has 0 amide bonds. The number of para-hydroxylation sites is 1. The van der Waals surface area contributed by atoms with Gasteiger partial charge in [-0.05, 0) is 34.1 Å². The Bertz CT molecular complexity index is 1430. The molecule has 0 spiro atoms. The van der Waals surface area contributed by atoms with Crippen molar-refractivity contribution in [3.05, 3.63) is 88.7 Å². The van der Waals surface area contributed by atoms with Gasteiger partial charge >= 0.3 is 0 Å². The summed E-state index contributed by atoms with van der Waals surface area (Å²) in [6, 6.07) is 15.3. The third-order valence-electron chi connectivity index (χ3n) is 5.18. The smallest absolute Gasteiger partial charge is 0.203 e. The lowest BCUT2D eigenvalue weighted by Gasteiger charge is -2.25. The van der Waals surface area contributed by atoms with E-state index in [9.17, 15) is 0 Å². The maximum Gasteiger partial charge on any atom is 0.203 e. The number of hydrogen-bond donors (Lipinski definition) is 2. The van der Waals surface area contributed by atoms with Crippen LogP contribution in [0.3, 0.4) is 0 Å². The number of rotatable bonds is 2. The minimum atomic E-state index is -0.388. The summed E-state index contributed by atoms with van der Waals surface area (Å²) in [5.74, 6) is 0.917. The predicted molar refractivity (Wildman–Crippen MR) is 106 cm³/mol. The van der Waals surface area contributed by atoms with Crippen molar-refractivity contribution in [2.24, 2.45) is 0 Å². The highest BCUT2D eigenvalue weighted by Gasteiger charge is 2.35. The normalized spacial score (nSPS) is 16.0. The Hall–Kier alpha value is -4.38. The SMILES string of the molecule is [C-]#[N+]C1=C(c2cc3ccccc3o2)Nc2[nH]ncc2C1c1cccc2nonc12. The monoisotopic (exact) mass is 380 g/mol. The predicted octanol–water partition coefficient (Wildman–Crippen LogP) is 4.54. The second kappa shape index (κ2) is 5.81. The summed E-state index contributed by atoms with van der Waals surface area (Å²) in [4.78, 5) is 3.89. The number of benzene rings is 2. The Morgan fingerprint density at radius 3 is 2.86 bits per heavy atom. The minimum absolute atomic E-state index is 0.388. The quantitative estimate of drug-likeness (QED) is 0.437. The molecule has 2 aromatic carbocycles. The zero-order chi connectivity index (χ0) is 19.4. The second-order valence-electron chi connectivity index (χ2n) is 6.76. The molecule has 29 heavy (non-hydrogen) atoms. The lowest BCUT2D eigenvalue weighted by molar-refractivity contribution is 0.315. The van der Waals surface area contributed by atoms with Crippen LogP contribution in [0.15, 0.2) is 69.5 Å². The number of nitrogens with one attached hydrogen (secondary N) is 2. The van der Waals surface area contributed by atoms with E-state index in [2.05, 4.69) is 30.7 Å². The number of nitrogens with zero attached hydrogens (tertiary/aromatic N) is 4. The van der Waals surface area contributed by atoms with E-state index in [0.29, 0.717) is 34.0 Å². The van der Waals surface area contributed by atoms with Crippen molar-refractivity contribution >= 4 is 33.5 Å². The molecule has 0 saturated heterocycles. The minimum Gasteiger partial charge on any atom is -0.456 e. The standard InChI is InChI=1S/C21H12N6O2/c1-22-20-17(12-6-4-7-14-18(12)27-29-26-14)13-10-23-25-21(13)24-19(20)16-9-11-5-2-3-8-15(11)28-16/h2-10,17H,(H2,23,24,25). The van der Waals surface area contributed by atoms with Crippen LogP contribution in [-0.2, 0) is 0 Å². The Morgan fingerprint density at radius 1 is 1.03 bits per heavy atom. The summed E-state index contributed by atoms with van der Waals surface area (Å²) in [6.45, 7) is 7.95. The fourth-order valence-electron chi connectivity index (χ4n) is 3.88. The van der Waals surface area contributed by atoms with E-state index >= 15 is 0 Å². The van der Waals surface area contributed by atoms with Crippen LogP contribution in [0.25, 0.3) is 32.5 Å². The maximum absolute atomic E-state index is 7.95. The Morgan fingerprint density at radius 2 is 1.97 bits per heavy atom. The summed E-state index contributed by atoms with van der Waals surface area (Å²) in [7, 11) is 0. The number of aromatic amines is 1. The van der Waals surface area contributed by atoms with Gasteiger partial charge in [0.05, 0.1) is 24.4 Å². The zero-order valence-electron chi connectivity index (χ0n) is 14.9. The number of furan rings is 1. The van der Waals surface area contributed by atoms with Crippen LogP contribution < -0.4 is 5.32 Å². The molecule has 1 atom stereocenters. The molecule has 2 N–H and O–H groups in total. The summed E-state index contributed by atoms with van der Waals surface area (Å²) in [6.07, 6.45) is 1.72. The van der Waals surface area contributed by atoms with Crippen molar-refractivity contribution < 1.29 is 9.05 Å². The number of allylic oxidation sites excluding steroid dienone is 1. The average molecular weight is 380 g/mol. The van der Waals surface area contributed by atoms with Gasteiger partial charge in [0.2, 0.25) is 5.70 Å². The topological polar surface area (TPSA) is 97.1 Å². The van der Waals surface area contributed by atoms with Crippen molar-refractivity contribution in [3.63, 3.8) is 0 Å². The van der Waals surface area contributed by atoms with Crippen LogP contribution in [0.1, 0.15) is 22.8 Å². The molecule has 6 rings (SSSR count). The molecule has 8 heteroatoms. The third-order valence-corrected chi connectivity index (χ3v) is 5.18. The first-order valence-electron chi connectivity index (χ1n) is 8.95. The van der Waals surface area contributed by atoms with Gasteiger partial charge in [-0.3, -0.25) is 5.10 Å². The molecular formula is C21H12N6O2. The Kier molecular flexibility index (Phi) is 3.13. The van der Waals surface area contributed by atoms with E-state index < -0.39 is 0 Å². The summed E-state index contributed by atoms with van der Waals surface area (Å²) in [5.41, 5.74) is 4.80. The fourth-order valence-corrected chi connectivity index (χ4v) is 3.88. The molecule has 1 aliphatic heterocycles. The molecule has 5 aromatic rings. The van der Waals surface area contributed by atoms with Gasteiger partial charge < -0.3 is 9.73 Å². The van der Waals surface area contributed by atoms with Crippen LogP contribution in [0.4, 0.5) is 5.82 Å². The molecule has 1 unspecified atom stereocenters. The number of H-pyrrole nitrogens is 1. The third kappa shape index (κ3) is 2.21. The highest BCUT2D eigenvalue weighted by atomic mass is 16.6. The lowest BCUT2D eigenvalue weighted by atomic mass is 9.85. The molecule has 0 aliphatic carbocycles. The van der Waals surface area contributed by atoms with Crippen LogP contribution in [0.5, 0.6) is 0 Å². The van der Waals surface area contributed by atoms with Gasteiger partial charge in [0.15, 0.2) is 0 Å². The number of fused-ring (bicyclic) bond motifs is 3. The van der Waals surface area contributed by atoms with Gasteiger partial charge in [-0.25, -0.2) is 9.47 Å². The van der Waals surface area contributed by atoms with Crippen molar-refractivity contribution in [1.29, 1.82) is 0 Å². The number of anilines is 1. The first-order valence-corrected chi connectivity index (χ1v) is 8.95. The largest absolute Gasteiger partial charge is 0.456 e. The molecule has 3 aromatic heterocycles. The second-order valence-corrected chi connectivity index (χ2v) is 6.76. The van der Waals surface area contributed by atoms with Crippen LogP contribution >= 0.6 is 0 Å². The molecule has 4 heterocycles. The molecule has 1 aliphatic rings. The Balaban J connectivity index is 1.63. The lowest BCUT2D eigenvalue weighted by Crippen LogP contribution is -2.16. The molecule has 138 valence electrons. The van der Waals surface area contributed by atoms with Gasteiger partial charge in [-0.2, -0.15) is 5.10 Å². The van der Waals surface area contributed by atoms with E-state index in [1.54, 1.807) is 6.20 Å². The molecular weight excluding hydrogens is 368 g/mol. The molecule has 0 bridgehead atoms. The van der Waals surface area contributed by atoms with Crippen molar-refractivity contribution in [1.82, 2.24) is 20.5 Å². The van der Waals surface area contributed by atoms with E-state index in [1.165, 1.54) is 0 Å². The van der Waals surface area contributed by atoms with E-state index in [-0.39, 0.29) is 5.92 Å². The molecule has 0 radical (unpaired) electrons. The van der Waals surface area contributed by atoms with Gasteiger partial charge in [-0.1, -0.05) is 30.3 Å².